The van der Waals surface area contributed by atoms with Crippen LogP contribution >= 0.6 is 0 Å². The molecule has 5 aromatic rings. The first-order valence-corrected chi connectivity index (χ1v) is 16.3. The van der Waals surface area contributed by atoms with Crippen LogP contribution < -0.4 is 4.72 Å². The van der Waals surface area contributed by atoms with E-state index in [1.54, 1.807) is 80.4 Å². The molecule has 11 nitrogen and oxygen atoms in total. The minimum absolute atomic E-state index is 0.0118. The van der Waals surface area contributed by atoms with Crippen LogP contribution in [0.5, 0.6) is 0 Å². The molecule has 0 bridgehead atoms. The summed E-state index contributed by atoms with van der Waals surface area (Å²) >= 11 is 0. The Morgan fingerprint density at radius 2 is 1.57 bits per heavy atom. The van der Waals surface area contributed by atoms with Crippen molar-refractivity contribution >= 4 is 27.7 Å². The van der Waals surface area contributed by atoms with Crippen LogP contribution in [0.3, 0.4) is 0 Å². The van der Waals surface area contributed by atoms with Crippen LogP contribution in [0.4, 0.5) is 5.88 Å². The molecule has 2 heterocycles. The molecule has 1 N–H and O–H groups in total. The summed E-state index contributed by atoms with van der Waals surface area (Å²) in [6, 6.07) is 18.7. The Morgan fingerprint density at radius 3 is 2.20 bits per heavy atom. The number of anilines is 1. The van der Waals surface area contributed by atoms with Crippen LogP contribution in [0.2, 0.25) is 0 Å². The lowest BCUT2D eigenvalue weighted by atomic mass is 9.96. The van der Waals surface area contributed by atoms with E-state index < -0.39 is 10.0 Å². The standard InChI is InChI=1S/C34H35N5O6S/c1-6-39(7-2)34(41)29-14-9-8-13-28(29)33(40)38(5)21-25-20-24(32-35-18-19-44-32)16-17-26(25)27-12-10-11-15-30(27)46(42,43)37-31-22(3)23(4)36-45-31/h8-20,37H,6-7,21H2,1-5H3. The average molecular weight is 642 g/mol. The highest BCUT2D eigenvalue weighted by Gasteiger charge is 2.26. The quantitative estimate of drug-likeness (QED) is 0.181. The Labute approximate surface area is 267 Å². The van der Waals surface area contributed by atoms with E-state index in [1.165, 1.54) is 23.4 Å². The number of benzene rings is 3. The van der Waals surface area contributed by atoms with Crippen molar-refractivity contribution in [3.05, 3.63) is 107 Å². The molecular formula is C34H35N5O6S. The molecule has 0 aliphatic rings. The normalized spacial score (nSPS) is 11.3. The monoisotopic (exact) mass is 641 g/mol. The van der Waals surface area contributed by atoms with Gasteiger partial charge in [0, 0.05) is 43.4 Å². The SMILES string of the molecule is CCN(CC)C(=O)c1ccccc1C(=O)N(C)Cc1cc(-c2ncco2)ccc1-c1ccccc1S(=O)(=O)Nc1onc(C)c1C. The number of aromatic nitrogens is 2. The minimum atomic E-state index is -4.12. The number of amides is 2. The van der Waals surface area contributed by atoms with Crippen LogP contribution in [0.15, 0.2) is 93.0 Å². The number of carbonyl (C=O) groups is 2. The molecule has 0 fully saturated rings. The van der Waals surface area contributed by atoms with Crippen molar-refractivity contribution < 1.29 is 26.9 Å². The van der Waals surface area contributed by atoms with E-state index in [0.717, 1.165) is 0 Å². The number of oxazole rings is 1. The maximum atomic E-state index is 13.9. The van der Waals surface area contributed by atoms with Gasteiger partial charge in [0.1, 0.15) is 6.26 Å². The molecule has 238 valence electrons. The number of nitrogens with one attached hydrogen (secondary N) is 1. The molecule has 5 rings (SSSR count). The molecule has 2 amide bonds. The van der Waals surface area contributed by atoms with Crippen LogP contribution in [-0.2, 0) is 16.6 Å². The van der Waals surface area contributed by atoms with E-state index in [1.807, 2.05) is 19.9 Å². The highest BCUT2D eigenvalue weighted by Crippen LogP contribution is 2.35. The maximum Gasteiger partial charge on any atom is 0.264 e. The lowest BCUT2D eigenvalue weighted by Crippen LogP contribution is -2.34. The van der Waals surface area contributed by atoms with E-state index in [-0.39, 0.29) is 34.7 Å². The largest absolute Gasteiger partial charge is 0.445 e. The van der Waals surface area contributed by atoms with Gasteiger partial charge in [0.2, 0.25) is 11.8 Å². The van der Waals surface area contributed by atoms with Gasteiger partial charge in [-0.25, -0.2) is 18.1 Å². The summed E-state index contributed by atoms with van der Waals surface area (Å²) in [5.74, 6) is -0.175. The topological polar surface area (TPSA) is 139 Å². The molecule has 0 aliphatic heterocycles. The van der Waals surface area contributed by atoms with Crippen molar-refractivity contribution in [1.82, 2.24) is 19.9 Å². The van der Waals surface area contributed by atoms with E-state index in [4.69, 9.17) is 8.94 Å². The number of sulfonamides is 1. The first-order chi connectivity index (χ1) is 22.1. The van der Waals surface area contributed by atoms with E-state index >= 15 is 0 Å². The van der Waals surface area contributed by atoms with Gasteiger partial charge in [-0.1, -0.05) is 41.6 Å². The first kappa shape index (κ1) is 32.2. The molecule has 0 spiro atoms. The molecular weight excluding hydrogens is 606 g/mol. The van der Waals surface area contributed by atoms with Crippen LogP contribution in [0, 0.1) is 13.8 Å². The third kappa shape index (κ3) is 6.43. The Bertz CT molecular complexity index is 1980. The maximum absolute atomic E-state index is 13.9. The van der Waals surface area contributed by atoms with Gasteiger partial charge in [0.15, 0.2) is 0 Å². The Kier molecular flexibility index (Phi) is 9.38. The summed E-state index contributed by atoms with van der Waals surface area (Å²) in [6.07, 6.45) is 2.99. The third-order valence-corrected chi connectivity index (χ3v) is 9.22. The predicted molar refractivity (Wildman–Crippen MR) is 174 cm³/mol. The van der Waals surface area contributed by atoms with Gasteiger partial charge in [-0.3, -0.25) is 9.59 Å². The number of aryl methyl sites for hydroxylation is 1. The average Bonchev–Trinajstić information content (AvgIpc) is 3.71. The highest BCUT2D eigenvalue weighted by atomic mass is 32.2. The zero-order valence-electron chi connectivity index (χ0n) is 26.3. The number of hydrogen-bond acceptors (Lipinski definition) is 8. The summed E-state index contributed by atoms with van der Waals surface area (Å²) in [5.41, 5.74) is 4.01. The zero-order chi connectivity index (χ0) is 33.0. The van der Waals surface area contributed by atoms with Gasteiger partial charge >= 0.3 is 0 Å². The summed E-state index contributed by atoms with van der Waals surface area (Å²) in [4.78, 5) is 34.6. The van der Waals surface area contributed by atoms with Gasteiger partial charge in [-0.05, 0) is 69.2 Å². The molecule has 3 aromatic carbocycles. The van der Waals surface area contributed by atoms with Crippen molar-refractivity contribution in [2.24, 2.45) is 0 Å². The molecule has 12 heteroatoms. The van der Waals surface area contributed by atoms with E-state index in [9.17, 15) is 18.0 Å². The zero-order valence-corrected chi connectivity index (χ0v) is 27.1. The molecule has 0 radical (unpaired) electrons. The van der Waals surface area contributed by atoms with Crippen LogP contribution in [0.1, 0.15) is 51.4 Å². The number of rotatable bonds is 11. The second-order valence-electron chi connectivity index (χ2n) is 10.7. The van der Waals surface area contributed by atoms with Crippen molar-refractivity contribution in [1.29, 1.82) is 0 Å². The lowest BCUT2D eigenvalue weighted by molar-refractivity contribution is 0.0740. The summed E-state index contributed by atoms with van der Waals surface area (Å²) in [5, 5.41) is 3.86. The predicted octanol–water partition coefficient (Wildman–Crippen LogP) is 6.17. The number of nitrogens with zero attached hydrogens (tertiary/aromatic N) is 4. The molecule has 0 unspecified atom stereocenters. The van der Waals surface area contributed by atoms with Crippen molar-refractivity contribution in [3.63, 3.8) is 0 Å². The Hall–Kier alpha value is -5.23. The van der Waals surface area contributed by atoms with Crippen LogP contribution in [-0.4, -0.2) is 60.3 Å². The van der Waals surface area contributed by atoms with Crippen LogP contribution in [0.25, 0.3) is 22.6 Å². The van der Waals surface area contributed by atoms with E-state index in [2.05, 4.69) is 14.9 Å². The van der Waals surface area contributed by atoms with Gasteiger partial charge < -0.3 is 18.7 Å². The highest BCUT2D eigenvalue weighted by molar-refractivity contribution is 7.92. The van der Waals surface area contributed by atoms with Crippen molar-refractivity contribution in [2.75, 3.05) is 24.9 Å². The minimum Gasteiger partial charge on any atom is -0.445 e. The molecule has 2 aromatic heterocycles. The molecule has 0 aliphatic carbocycles. The fourth-order valence-electron chi connectivity index (χ4n) is 5.17. The second-order valence-corrected chi connectivity index (χ2v) is 12.4. The van der Waals surface area contributed by atoms with Crippen molar-refractivity contribution in [2.45, 2.75) is 39.1 Å². The van der Waals surface area contributed by atoms with Gasteiger partial charge in [0.25, 0.3) is 21.8 Å². The molecule has 0 saturated carbocycles. The van der Waals surface area contributed by atoms with Gasteiger partial charge in [-0.15, -0.1) is 0 Å². The fraction of sp³-hybridized carbons (Fsp3) is 0.235. The fourth-order valence-corrected chi connectivity index (χ4v) is 6.44. The number of carbonyl (C=O) groups excluding carboxylic acids is 2. The Morgan fingerprint density at radius 1 is 0.891 bits per heavy atom. The summed E-state index contributed by atoms with van der Waals surface area (Å²) in [7, 11) is -2.48. The molecule has 0 saturated heterocycles. The van der Waals surface area contributed by atoms with Crippen molar-refractivity contribution in [3.8, 4) is 22.6 Å². The second kappa shape index (κ2) is 13.4. The molecule has 0 atom stereocenters. The third-order valence-electron chi connectivity index (χ3n) is 7.83. The lowest BCUT2D eigenvalue weighted by Gasteiger charge is -2.24. The summed E-state index contributed by atoms with van der Waals surface area (Å²) < 4.78 is 40.7. The van der Waals surface area contributed by atoms with E-state index in [0.29, 0.717) is 58.1 Å². The first-order valence-electron chi connectivity index (χ1n) is 14.8. The molecule has 46 heavy (non-hydrogen) atoms. The number of hydrogen-bond donors (Lipinski definition) is 1. The summed E-state index contributed by atoms with van der Waals surface area (Å²) in [6.45, 7) is 8.33. The Balaban J connectivity index is 1.56. The van der Waals surface area contributed by atoms with Gasteiger partial charge in [-0.2, -0.15) is 0 Å². The smallest absolute Gasteiger partial charge is 0.264 e. The van der Waals surface area contributed by atoms with Gasteiger partial charge in [0.05, 0.1) is 27.9 Å².